The van der Waals surface area contributed by atoms with Crippen LogP contribution in [0.15, 0.2) is 0 Å². The highest BCUT2D eigenvalue weighted by atomic mass is 16.2. The normalized spacial score (nSPS) is 39.3. The van der Waals surface area contributed by atoms with Crippen molar-refractivity contribution in [2.45, 2.75) is 76.7 Å². The van der Waals surface area contributed by atoms with Crippen molar-refractivity contribution in [2.24, 2.45) is 17.8 Å². The van der Waals surface area contributed by atoms with E-state index in [9.17, 15) is 4.79 Å². The molecule has 19 heavy (non-hydrogen) atoms. The molecule has 3 fully saturated rings. The lowest BCUT2D eigenvalue weighted by atomic mass is 9.80. The molecule has 0 N–H and O–H groups in total. The maximum atomic E-state index is 12.8. The van der Waals surface area contributed by atoms with E-state index in [4.69, 9.17) is 0 Å². The van der Waals surface area contributed by atoms with Crippen molar-refractivity contribution in [1.29, 1.82) is 0 Å². The van der Waals surface area contributed by atoms with Gasteiger partial charge in [-0.2, -0.15) is 0 Å². The zero-order valence-electron chi connectivity index (χ0n) is 12.7. The van der Waals surface area contributed by atoms with Gasteiger partial charge in [-0.1, -0.05) is 25.7 Å². The zero-order valence-corrected chi connectivity index (χ0v) is 12.7. The van der Waals surface area contributed by atoms with Crippen molar-refractivity contribution < 1.29 is 4.79 Å². The Morgan fingerprint density at radius 3 is 2.26 bits per heavy atom. The lowest BCUT2D eigenvalue weighted by Gasteiger charge is -2.43. The summed E-state index contributed by atoms with van der Waals surface area (Å²) in [6, 6.07) is 0. The van der Waals surface area contributed by atoms with E-state index < -0.39 is 0 Å². The predicted octanol–water partition coefficient (Wildman–Crippen LogP) is 3.99. The average Bonchev–Trinajstić information content (AvgIpc) is 2.87. The molecule has 3 rings (SSSR count). The molecule has 2 bridgehead atoms. The van der Waals surface area contributed by atoms with Gasteiger partial charge < -0.3 is 4.90 Å². The van der Waals surface area contributed by atoms with Gasteiger partial charge in [0, 0.05) is 18.5 Å². The number of hydrogen-bond donors (Lipinski definition) is 0. The second-order valence-electron chi connectivity index (χ2n) is 7.52. The second kappa shape index (κ2) is 5.10. The molecule has 0 radical (unpaired) electrons. The number of rotatable bonds is 2. The predicted molar refractivity (Wildman–Crippen MR) is 77.8 cm³/mol. The van der Waals surface area contributed by atoms with E-state index in [-0.39, 0.29) is 5.54 Å². The molecular weight excluding hydrogens is 234 g/mol. The highest BCUT2D eigenvalue weighted by Crippen LogP contribution is 2.53. The summed E-state index contributed by atoms with van der Waals surface area (Å²) in [6.45, 7) is 2.35. The summed E-state index contributed by atoms with van der Waals surface area (Å²) in [7, 11) is 2.09. The van der Waals surface area contributed by atoms with Crippen LogP contribution in [0, 0.1) is 17.8 Å². The summed E-state index contributed by atoms with van der Waals surface area (Å²) in [4.78, 5) is 15.0. The van der Waals surface area contributed by atoms with Gasteiger partial charge in [0.05, 0.1) is 0 Å². The summed E-state index contributed by atoms with van der Waals surface area (Å²) >= 11 is 0. The van der Waals surface area contributed by atoms with Gasteiger partial charge >= 0.3 is 0 Å². The molecular formula is C17H29NO. The fraction of sp³-hybridized carbons (Fsp3) is 0.941. The van der Waals surface area contributed by atoms with Crippen LogP contribution >= 0.6 is 0 Å². The molecule has 3 saturated carbocycles. The Bertz CT molecular complexity index is 345. The molecule has 3 aliphatic rings. The van der Waals surface area contributed by atoms with Crippen LogP contribution in [0.5, 0.6) is 0 Å². The zero-order chi connectivity index (χ0) is 13.5. The number of nitrogens with zero attached hydrogens (tertiary/aromatic N) is 1. The van der Waals surface area contributed by atoms with Crippen LogP contribution in [0.2, 0.25) is 0 Å². The molecule has 3 aliphatic carbocycles. The van der Waals surface area contributed by atoms with Crippen LogP contribution in [0.3, 0.4) is 0 Å². The standard InChI is InChI=1S/C17H29NO/c1-17(12-13-9-10-15(17)11-13)18(2)16(19)14-7-5-3-4-6-8-14/h13-15H,3-12H2,1-2H3. The number of amides is 1. The minimum atomic E-state index is 0.173. The summed E-state index contributed by atoms with van der Waals surface area (Å²) < 4.78 is 0. The fourth-order valence-corrected chi connectivity index (χ4v) is 5.04. The molecule has 2 heteroatoms. The van der Waals surface area contributed by atoms with Gasteiger partial charge in [-0.15, -0.1) is 0 Å². The molecule has 0 spiro atoms. The van der Waals surface area contributed by atoms with E-state index in [2.05, 4.69) is 18.9 Å². The minimum Gasteiger partial charge on any atom is -0.340 e. The first kappa shape index (κ1) is 13.5. The molecule has 0 aliphatic heterocycles. The maximum Gasteiger partial charge on any atom is 0.225 e. The highest BCUT2D eigenvalue weighted by Gasteiger charge is 2.51. The third-order valence-corrected chi connectivity index (χ3v) is 6.42. The van der Waals surface area contributed by atoms with E-state index in [0.29, 0.717) is 11.8 Å². The van der Waals surface area contributed by atoms with Crippen molar-refractivity contribution in [1.82, 2.24) is 4.90 Å². The number of hydrogen-bond acceptors (Lipinski definition) is 1. The molecule has 1 amide bonds. The lowest BCUT2D eigenvalue weighted by molar-refractivity contribution is -0.142. The smallest absolute Gasteiger partial charge is 0.225 e. The van der Waals surface area contributed by atoms with Gasteiger partial charge in [-0.25, -0.2) is 0 Å². The van der Waals surface area contributed by atoms with Gasteiger partial charge in [0.1, 0.15) is 0 Å². The minimum absolute atomic E-state index is 0.173. The lowest BCUT2D eigenvalue weighted by Crippen LogP contribution is -2.52. The van der Waals surface area contributed by atoms with Gasteiger partial charge in [-0.3, -0.25) is 4.79 Å². The summed E-state index contributed by atoms with van der Waals surface area (Å²) in [5, 5.41) is 0. The van der Waals surface area contributed by atoms with Crippen LogP contribution in [-0.4, -0.2) is 23.4 Å². The van der Waals surface area contributed by atoms with Crippen LogP contribution in [0.1, 0.15) is 71.1 Å². The molecule has 0 heterocycles. The first-order valence-corrected chi connectivity index (χ1v) is 8.39. The Balaban J connectivity index is 1.69. The summed E-state index contributed by atoms with van der Waals surface area (Å²) in [6.07, 6.45) is 12.8. The Labute approximate surface area is 117 Å². The van der Waals surface area contributed by atoms with Crippen molar-refractivity contribution in [3.05, 3.63) is 0 Å². The van der Waals surface area contributed by atoms with Gasteiger partial charge in [-0.05, 0) is 57.3 Å². The van der Waals surface area contributed by atoms with Crippen molar-refractivity contribution in [3.8, 4) is 0 Å². The van der Waals surface area contributed by atoms with Crippen LogP contribution in [0.4, 0.5) is 0 Å². The number of fused-ring (bicyclic) bond motifs is 2. The third-order valence-electron chi connectivity index (χ3n) is 6.42. The van der Waals surface area contributed by atoms with E-state index in [1.54, 1.807) is 0 Å². The number of carbonyl (C=O) groups is 1. The molecule has 0 aromatic rings. The Morgan fingerprint density at radius 2 is 1.74 bits per heavy atom. The topological polar surface area (TPSA) is 20.3 Å². The molecule has 108 valence electrons. The van der Waals surface area contributed by atoms with E-state index in [1.165, 1.54) is 51.4 Å². The molecule has 2 nitrogen and oxygen atoms in total. The van der Waals surface area contributed by atoms with Crippen molar-refractivity contribution in [3.63, 3.8) is 0 Å². The second-order valence-corrected chi connectivity index (χ2v) is 7.52. The molecule has 3 unspecified atom stereocenters. The third kappa shape index (κ3) is 2.32. The first-order valence-electron chi connectivity index (χ1n) is 8.39. The highest BCUT2D eigenvalue weighted by molar-refractivity contribution is 5.79. The van der Waals surface area contributed by atoms with E-state index >= 15 is 0 Å². The SMILES string of the molecule is CN(C(=O)C1CCCCCC1)C1(C)CC2CCC1C2. The molecule has 3 atom stereocenters. The van der Waals surface area contributed by atoms with Gasteiger partial charge in [0.25, 0.3) is 0 Å². The molecule has 0 aromatic heterocycles. The molecule has 0 saturated heterocycles. The Kier molecular flexibility index (Phi) is 3.61. The van der Waals surface area contributed by atoms with Crippen molar-refractivity contribution >= 4 is 5.91 Å². The van der Waals surface area contributed by atoms with Crippen LogP contribution < -0.4 is 0 Å². The fourth-order valence-electron chi connectivity index (χ4n) is 5.04. The van der Waals surface area contributed by atoms with Crippen molar-refractivity contribution in [2.75, 3.05) is 7.05 Å². The first-order chi connectivity index (χ1) is 9.11. The largest absolute Gasteiger partial charge is 0.340 e. The van der Waals surface area contributed by atoms with Crippen LogP contribution in [0.25, 0.3) is 0 Å². The Hall–Kier alpha value is -0.530. The monoisotopic (exact) mass is 263 g/mol. The van der Waals surface area contributed by atoms with E-state index in [0.717, 1.165) is 24.7 Å². The van der Waals surface area contributed by atoms with Gasteiger partial charge in [0.2, 0.25) is 5.91 Å². The number of carbonyl (C=O) groups excluding carboxylic acids is 1. The van der Waals surface area contributed by atoms with Gasteiger partial charge in [0.15, 0.2) is 0 Å². The molecule has 0 aromatic carbocycles. The Morgan fingerprint density at radius 1 is 1.05 bits per heavy atom. The maximum absolute atomic E-state index is 12.8. The van der Waals surface area contributed by atoms with E-state index in [1.807, 2.05) is 0 Å². The van der Waals surface area contributed by atoms with Crippen LogP contribution in [-0.2, 0) is 4.79 Å². The quantitative estimate of drug-likeness (QED) is 0.690. The summed E-state index contributed by atoms with van der Waals surface area (Å²) in [5.74, 6) is 2.46. The summed E-state index contributed by atoms with van der Waals surface area (Å²) in [5.41, 5.74) is 0.173. The average molecular weight is 263 g/mol.